The number of nitrogens with one attached hydrogen (secondary N) is 4. The lowest BCUT2D eigenvalue weighted by molar-refractivity contribution is -0.143. The van der Waals surface area contributed by atoms with Crippen molar-refractivity contribution in [1.29, 1.82) is 0 Å². The molecule has 2 fully saturated rings. The molecular weight excluding hydrogens is 554 g/mol. The summed E-state index contributed by atoms with van der Waals surface area (Å²) in [5, 5.41) is 21.1. The highest BCUT2D eigenvalue weighted by atomic mass is 16.5. The molecule has 238 valence electrons. The van der Waals surface area contributed by atoms with Gasteiger partial charge in [0.25, 0.3) is 0 Å². The maximum atomic E-state index is 13.6. The van der Waals surface area contributed by atoms with Crippen LogP contribution in [0.1, 0.15) is 59.4 Å². The first-order valence-electron chi connectivity index (χ1n) is 15.0. The Morgan fingerprint density at radius 1 is 0.953 bits per heavy atom. The van der Waals surface area contributed by atoms with Gasteiger partial charge < -0.3 is 36.0 Å². The van der Waals surface area contributed by atoms with E-state index in [0.717, 1.165) is 5.56 Å². The Kier molecular flexibility index (Phi) is 11.5. The highest BCUT2D eigenvalue weighted by molar-refractivity contribution is 5.95. The summed E-state index contributed by atoms with van der Waals surface area (Å²) in [7, 11) is 1.55. The second-order valence-electron chi connectivity index (χ2n) is 12.6. The first-order chi connectivity index (χ1) is 20.3. The summed E-state index contributed by atoms with van der Waals surface area (Å²) in [5.41, 5.74) is -0.174. The predicted octanol–water partition coefficient (Wildman–Crippen LogP) is 0.514. The van der Waals surface area contributed by atoms with Crippen LogP contribution in [0.4, 0.5) is 0 Å². The van der Waals surface area contributed by atoms with Crippen LogP contribution < -0.4 is 26.0 Å². The van der Waals surface area contributed by atoms with Crippen LogP contribution in [-0.2, 0) is 30.4 Å². The minimum Gasteiger partial charge on any atom is -0.497 e. The third-order valence-electron chi connectivity index (χ3n) is 8.12. The molecule has 12 heteroatoms. The van der Waals surface area contributed by atoms with Crippen LogP contribution in [0.15, 0.2) is 24.3 Å². The molecule has 43 heavy (non-hydrogen) atoms. The van der Waals surface area contributed by atoms with Gasteiger partial charge in [0.1, 0.15) is 23.9 Å². The van der Waals surface area contributed by atoms with E-state index in [1.807, 2.05) is 27.7 Å². The molecule has 1 saturated carbocycles. The van der Waals surface area contributed by atoms with Crippen molar-refractivity contribution in [2.75, 3.05) is 26.8 Å². The molecule has 1 aliphatic heterocycles. The van der Waals surface area contributed by atoms with Crippen LogP contribution in [0, 0.1) is 17.3 Å². The first-order valence-corrected chi connectivity index (χ1v) is 15.0. The summed E-state index contributed by atoms with van der Waals surface area (Å²) < 4.78 is 5.21. The topological polar surface area (TPSA) is 166 Å². The maximum absolute atomic E-state index is 13.6. The minimum atomic E-state index is -1.04. The number of carbonyl (C=O) groups is 5. The van der Waals surface area contributed by atoms with E-state index in [0.29, 0.717) is 25.0 Å². The van der Waals surface area contributed by atoms with Gasteiger partial charge in [-0.05, 0) is 55.7 Å². The fraction of sp³-hybridized carbons (Fsp3) is 0.645. The standard InChI is InChI=1S/C31H47N5O7/c1-18(2)13-23-29(41)34-24(14-21-7-9-22(43-6)10-8-21)28(40)32-20(5)27(39)35-25(19(3)4)15-36(16-26(38)33-23)30(42)31(17-37)11-12-31/h7-10,18-20,23-25,37H,11-17H2,1-6H3,(H,32,40)(H,33,38)(H,34,41)(H,35,39)/t20-,23+,24+,25-/m1/s1. The number of carbonyl (C=O) groups excluding carboxylic acids is 5. The monoisotopic (exact) mass is 601 g/mol. The lowest BCUT2D eigenvalue weighted by Crippen LogP contribution is -2.57. The Balaban J connectivity index is 1.96. The summed E-state index contributed by atoms with van der Waals surface area (Å²) >= 11 is 0. The van der Waals surface area contributed by atoms with Crippen molar-refractivity contribution in [3.63, 3.8) is 0 Å². The molecule has 2 aliphatic rings. The van der Waals surface area contributed by atoms with Gasteiger partial charge in [-0.15, -0.1) is 0 Å². The highest BCUT2D eigenvalue weighted by Gasteiger charge is 2.52. The molecule has 1 aliphatic carbocycles. The van der Waals surface area contributed by atoms with Gasteiger partial charge in [0.05, 0.1) is 25.7 Å². The zero-order chi connectivity index (χ0) is 31.9. The average molecular weight is 602 g/mol. The molecule has 0 unspecified atom stereocenters. The SMILES string of the molecule is COc1ccc(C[C@@H]2NC(=O)[C@H](CC(C)C)NC(=O)CN(C(=O)C3(CO)CC3)C[C@H](C(C)C)NC(=O)[C@@H](C)NC2=O)cc1. The molecule has 0 bridgehead atoms. The third-order valence-corrected chi connectivity index (χ3v) is 8.12. The van der Waals surface area contributed by atoms with Crippen molar-refractivity contribution in [3.8, 4) is 5.75 Å². The van der Waals surface area contributed by atoms with Crippen molar-refractivity contribution in [1.82, 2.24) is 26.2 Å². The van der Waals surface area contributed by atoms with E-state index in [1.54, 1.807) is 38.3 Å². The first kappa shape index (κ1) is 33.8. The Morgan fingerprint density at radius 3 is 2.12 bits per heavy atom. The van der Waals surface area contributed by atoms with Crippen molar-refractivity contribution in [2.45, 2.75) is 84.5 Å². The summed E-state index contributed by atoms with van der Waals surface area (Å²) in [6, 6.07) is 3.59. The number of aliphatic hydroxyl groups excluding tert-OH is 1. The quantitative estimate of drug-likeness (QED) is 0.290. The van der Waals surface area contributed by atoms with Gasteiger partial charge in [0.15, 0.2) is 0 Å². The van der Waals surface area contributed by atoms with Gasteiger partial charge in [-0.25, -0.2) is 0 Å². The third kappa shape index (κ3) is 9.16. The van der Waals surface area contributed by atoms with E-state index >= 15 is 0 Å². The van der Waals surface area contributed by atoms with Gasteiger partial charge in [-0.2, -0.15) is 0 Å². The number of ether oxygens (including phenoxy) is 1. The molecule has 12 nitrogen and oxygen atoms in total. The van der Waals surface area contributed by atoms with Crippen LogP contribution in [0.25, 0.3) is 0 Å². The number of methoxy groups -OCH3 is 1. The van der Waals surface area contributed by atoms with E-state index in [9.17, 15) is 29.1 Å². The van der Waals surface area contributed by atoms with E-state index in [4.69, 9.17) is 4.74 Å². The van der Waals surface area contributed by atoms with Gasteiger partial charge >= 0.3 is 0 Å². The minimum absolute atomic E-state index is 0.0270. The Labute approximate surface area is 253 Å². The molecule has 1 saturated heterocycles. The van der Waals surface area contributed by atoms with Gasteiger partial charge in [-0.3, -0.25) is 24.0 Å². The number of hydrogen-bond donors (Lipinski definition) is 5. The smallest absolute Gasteiger partial charge is 0.243 e. The highest BCUT2D eigenvalue weighted by Crippen LogP contribution is 2.46. The van der Waals surface area contributed by atoms with Crippen molar-refractivity contribution in [3.05, 3.63) is 29.8 Å². The van der Waals surface area contributed by atoms with Crippen LogP contribution >= 0.6 is 0 Å². The molecule has 4 atom stereocenters. The molecule has 5 amide bonds. The molecule has 0 aromatic heterocycles. The van der Waals surface area contributed by atoms with Crippen LogP contribution in [0.5, 0.6) is 5.75 Å². The Morgan fingerprint density at radius 2 is 1.58 bits per heavy atom. The molecule has 1 aromatic carbocycles. The zero-order valence-electron chi connectivity index (χ0n) is 26.1. The zero-order valence-corrected chi connectivity index (χ0v) is 26.1. The van der Waals surface area contributed by atoms with Crippen LogP contribution in [-0.4, -0.2) is 90.5 Å². The number of benzene rings is 1. The summed E-state index contributed by atoms with van der Waals surface area (Å²) in [6.45, 7) is 8.50. The predicted molar refractivity (Wildman–Crippen MR) is 160 cm³/mol. The maximum Gasteiger partial charge on any atom is 0.243 e. The lowest BCUT2D eigenvalue weighted by Gasteiger charge is -2.33. The van der Waals surface area contributed by atoms with Crippen molar-refractivity contribution >= 4 is 29.5 Å². The summed E-state index contributed by atoms with van der Waals surface area (Å²) in [4.78, 5) is 68.6. The van der Waals surface area contributed by atoms with E-state index in [2.05, 4.69) is 21.3 Å². The van der Waals surface area contributed by atoms with Crippen LogP contribution in [0.3, 0.4) is 0 Å². The lowest BCUT2D eigenvalue weighted by atomic mass is 10.0. The largest absolute Gasteiger partial charge is 0.497 e. The second kappa shape index (κ2) is 14.7. The second-order valence-corrected chi connectivity index (χ2v) is 12.6. The number of nitrogens with zero attached hydrogens (tertiary/aromatic N) is 1. The van der Waals surface area contributed by atoms with Crippen molar-refractivity contribution in [2.24, 2.45) is 17.3 Å². The molecular formula is C31H47N5O7. The molecule has 1 heterocycles. The fourth-order valence-corrected chi connectivity index (χ4v) is 5.09. The average Bonchev–Trinajstić information content (AvgIpc) is 3.76. The normalized spacial score (nSPS) is 25.2. The number of amides is 5. The molecule has 0 radical (unpaired) electrons. The molecule has 0 spiro atoms. The van der Waals surface area contributed by atoms with Gasteiger partial charge in [-0.1, -0.05) is 39.8 Å². The molecule has 1 aromatic rings. The van der Waals surface area contributed by atoms with Gasteiger partial charge in [0, 0.05) is 19.0 Å². The Bertz CT molecular complexity index is 1170. The summed E-state index contributed by atoms with van der Waals surface area (Å²) in [5.74, 6) is -1.91. The number of rotatable bonds is 8. The molecule has 3 rings (SSSR count). The number of hydrogen-bond acceptors (Lipinski definition) is 7. The van der Waals surface area contributed by atoms with E-state index in [-0.39, 0.29) is 43.9 Å². The Hall–Kier alpha value is -3.67. The van der Waals surface area contributed by atoms with Crippen LogP contribution in [0.2, 0.25) is 0 Å². The van der Waals surface area contributed by atoms with Gasteiger partial charge in [0.2, 0.25) is 29.5 Å². The molecule has 5 N–H and O–H groups in total. The fourth-order valence-electron chi connectivity index (χ4n) is 5.09. The number of aliphatic hydroxyl groups is 1. The van der Waals surface area contributed by atoms with Crippen molar-refractivity contribution < 1.29 is 33.8 Å². The van der Waals surface area contributed by atoms with E-state index in [1.165, 1.54) is 4.90 Å². The summed E-state index contributed by atoms with van der Waals surface area (Å²) in [6.07, 6.45) is 1.46. The van der Waals surface area contributed by atoms with E-state index < -0.39 is 53.2 Å².